The van der Waals surface area contributed by atoms with Crippen molar-refractivity contribution in [2.45, 2.75) is 20.3 Å². The first-order chi connectivity index (χ1) is 11.7. The number of amides is 1. The van der Waals surface area contributed by atoms with Crippen molar-refractivity contribution in [1.29, 1.82) is 0 Å². The van der Waals surface area contributed by atoms with E-state index in [0.717, 1.165) is 5.69 Å². The van der Waals surface area contributed by atoms with Crippen LogP contribution >= 0.6 is 23.2 Å². The Kier molecular flexibility index (Phi) is 4.51. The minimum Gasteiger partial charge on any atom is -0.481 e. The Morgan fingerprint density at radius 1 is 1.24 bits per heavy atom. The molecule has 0 spiro atoms. The van der Waals surface area contributed by atoms with Crippen molar-refractivity contribution in [2.75, 3.05) is 13.1 Å². The van der Waals surface area contributed by atoms with E-state index in [9.17, 15) is 14.7 Å². The van der Waals surface area contributed by atoms with Crippen molar-refractivity contribution in [3.63, 3.8) is 0 Å². The van der Waals surface area contributed by atoms with Gasteiger partial charge in [0.1, 0.15) is 0 Å². The minimum atomic E-state index is -0.906. The van der Waals surface area contributed by atoms with Crippen LogP contribution in [0, 0.1) is 12.3 Å². The SMILES string of the molecule is Cc1cc(C(=O)N2CCC(C)(C(=O)O)C2)nn1-c1ccc(Cl)c(Cl)c1. The molecule has 2 aromatic rings. The molecule has 6 nitrogen and oxygen atoms in total. The van der Waals surface area contributed by atoms with Crippen molar-refractivity contribution in [2.24, 2.45) is 5.41 Å². The zero-order valence-corrected chi connectivity index (χ0v) is 15.3. The summed E-state index contributed by atoms with van der Waals surface area (Å²) in [7, 11) is 0. The lowest BCUT2D eigenvalue weighted by Crippen LogP contribution is -2.35. The molecule has 8 heteroatoms. The van der Waals surface area contributed by atoms with Gasteiger partial charge in [0.2, 0.25) is 0 Å². The van der Waals surface area contributed by atoms with Crippen LogP contribution < -0.4 is 0 Å². The number of carbonyl (C=O) groups excluding carboxylic acids is 1. The lowest BCUT2D eigenvalue weighted by Gasteiger charge is -2.19. The summed E-state index contributed by atoms with van der Waals surface area (Å²) >= 11 is 12.0. The summed E-state index contributed by atoms with van der Waals surface area (Å²) in [6.45, 7) is 4.07. The predicted octanol–water partition coefficient (Wildman–Crippen LogP) is 3.42. The monoisotopic (exact) mass is 381 g/mol. The average Bonchev–Trinajstić information content (AvgIpc) is 3.14. The fourth-order valence-electron chi connectivity index (χ4n) is 2.93. The van der Waals surface area contributed by atoms with E-state index < -0.39 is 11.4 Å². The molecule has 1 fully saturated rings. The summed E-state index contributed by atoms with van der Waals surface area (Å²) in [5.74, 6) is -1.16. The highest BCUT2D eigenvalue weighted by Gasteiger charge is 2.42. The van der Waals surface area contributed by atoms with Gasteiger partial charge in [0, 0.05) is 18.8 Å². The number of aromatic nitrogens is 2. The standard InChI is InChI=1S/C17H17Cl2N3O3/c1-10-7-14(15(23)21-6-5-17(2,9-21)16(24)25)20-22(10)11-3-4-12(18)13(19)8-11/h3-4,7-8H,5-6,9H2,1-2H3,(H,24,25). The van der Waals surface area contributed by atoms with Gasteiger partial charge < -0.3 is 10.0 Å². The van der Waals surface area contributed by atoms with Gasteiger partial charge in [-0.05, 0) is 44.5 Å². The molecule has 0 bridgehead atoms. The second-order valence-electron chi connectivity index (χ2n) is 6.52. The number of hydrogen-bond donors (Lipinski definition) is 1. The number of aliphatic carboxylic acids is 1. The van der Waals surface area contributed by atoms with Crippen LogP contribution in [0.5, 0.6) is 0 Å². The molecule has 1 atom stereocenters. The molecule has 1 aliphatic heterocycles. The molecule has 0 radical (unpaired) electrons. The van der Waals surface area contributed by atoms with E-state index in [-0.39, 0.29) is 18.1 Å². The first-order valence-corrected chi connectivity index (χ1v) is 8.52. The number of carboxylic acids is 1. The van der Waals surface area contributed by atoms with E-state index in [4.69, 9.17) is 23.2 Å². The number of hydrogen-bond acceptors (Lipinski definition) is 3. The number of rotatable bonds is 3. The maximum Gasteiger partial charge on any atom is 0.311 e. The molecule has 132 valence electrons. The van der Waals surface area contributed by atoms with Crippen molar-refractivity contribution >= 4 is 35.1 Å². The molecule has 1 aliphatic rings. The number of halogens is 2. The topological polar surface area (TPSA) is 75.4 Å². The van der Waals surface area contributed by atoms with Crippen LogP contribution in [-0.2, 0) is 4.79 Å². The number of carboxylic acid groups (broad SMARTS) is 1. The summed E-state index contributed by atoms with van der Waals surface area (Å²) in [6.07, 6.45) is 0.431. The van der Waals surface area contributed by atoms with E-state index in [2.05, 4.69) is 5.10 Å². The molecule has 25 heavy (non-hydrogen) atoms. The Hall–Kier alpha value is -2.05. The first kappa shape index (κ1) is 17.8. The summed E-state index contributed by atoms with van der Waals surface area (Å²) in [6, 6.07) is 6.79. The molecule has 2 heterocycles. The van der Waals surface area contributed by atoms with E-state index in [0.29, 0.717) is 28.7 Å². The number of likely N-dealkylation sites (tertiary alicyclic amines) is 1. The molecule has 1 unspecified atom stereocenters. The molecular weight excluding hydrogens is 365 g/mol. The normalized spacial score (nSPS) is 20.1. The molecule has 1 saturated heterocycles. The molecule has 1 aromatic heterocycles. The lowest BCUT2D eigenvalue weighted by atomic mass is 9.90. The van der Waals surface area contributed by atoms with Gasteiger partial charge in [0.15, 0.2) is 5.69 Å². The maximum absolute atomic E-state index is 12.7. The third kappa shape index (κ3) is 3.24. The third-order valence-corrected chi connectivity index (χ3v) is 5.27. The fraction of sp³-hybridized carbons (Fsp3) is 0.353. The van der Waals surface area contributed by atoms with E-state index in [1.807, 2.05) is 6.92 Å². The quantitative estimate of drug-likeness (QED) is 0.883. The van der Waals surface area contributed by atoms with Crippen LogP contribution in [0.2, 0.25) is 10.0 Å². The van der Waals surface area contributed by atoms with Gasteiger partial charge in [-0.1, -0.05) is 23.2 Å². The molecule has 0 aliphatic carbocycles. The van der Waals surface area contributed by atoms with E-state index >= 15 is 0 Å². The number of benzene rings is 1. The third-order valence-electron chi connectivity index (χ3n) is 4.53. The van der Waals surface area contributed by atoms with Crippen LogP contribution in [0.3, 0.4) is 0 Å². The number of carbonyl (C=O) groups is 2. The zero-order valence-electron chi connectivity index (χ0n) is 13.8. The number of nitrogens with zero attached hydrogens (tertiary/aromatic N) is 3. The first-order valence-electron chi connectivity index (χ1n) is 7.76. The minimum absolute atomic E-state index is 0.180. The molecule has 1 aromatic carbocycles. The molecule has 3 rings (SSSR count). The largest absolute Gasteiger partial charge is 0.481 e. The van der Waals surface area contributed by atoms with Gasteiger partial charge in [-0.3, -0.25) is 9.59 Å². The average molecular weight is 382 g/mol. The highest BCUT2D eigenvalue weighted by Crippen LogP contribution is 2.31. The lowest BCUT2D eigenvalue weighted by molar-refractivity contribution is -0.147. The van der Waals surface area contributed by atoms with Crippen LogP contribution in [-0.4, -0.2) is 44.8 Å². The van der Waals surface area contributed by atoms with Crippen LogP contribution in [0.15, 0.2) is 24.3 Å². The maximum atomic E-state index is 12.7. The molecule has 1 amide bonds. The zero-order chi connectivity index (χ0) is 18.4. The van der Waals surface area contributed by atoms with Crippen molar-refractivity contribution in [3.8, 4) is 5.69 Å². The van der Waals surface area contributed by atoms with Crippen molar-refractivity contribution in [1.82, 2.24) is 14.7 Å². The Bertz CT molecular complexity index is 865. The Morgan fingerprint density at radius 3 is 2.56 bits per heavy atom. The Labute approximate surface area is 154 Å². The van der Waals surface area contributed by atoms with Gasteiger partial charge in [0.05, 0.1) is 21.1 Å². The highest BCUT2D eigenvalue weighted by atomic mass is 35.5. The second-order valence-corrected chi connectivity index (χ2v) is 7.34. The Balaban J connectivity index is 1.86. The molecule has 1 N–H and O–H groups in total. The predicted molar refractivity (Wildman–Crippen MR) is 94.6 cm³/mol. The Morgan fingerprint density at radius 2 is 1.96 bits per heavy atom. The summed E-state index contributed by atoms with van der Waals surface area (Å²) in [5, 5.41) is 14.5. The summed E-state index contributed by atoms with van der Waals surface area (Å²) in [5.41, 5.74) is 0.833. The van der Waals surface area contributed by atoms with Gasteiger partial charge in [-0.2, -0.15) is 5.10 Å². The van der Waals surface area contributed by atoms with E-state index in [1.165, 1.54) is 4.90 Å². The van der Waals surface area contributed by atoms with Crippen LogP contribution in [0.1, 0.15) is 29.5 Å². The van der Waals surface area contributed by atoms with Gasteiger partial charge in [-0.25, -0.2) is 4.68 Å². The van der Waals surface area contributed by atoms with Crippen molar-refractivity contribution in [3.05, 3.63) is 45.7 Å². The van der Waals surface area contributed by atoms with Crippen LogP contribution in [0.25, 0.3) is 5.69 Å². The summed E-state index contributed by atoms with van der Waals surface area (Å²) in [4.78, 5) is 25.6. The van der Waals surface area contributed by atoms with Gasteiger partial charge in [-0.15, -0.1) is 0 Å². The molecular formula is C17H17Cl2N3O3. The van der Waals surface area contributed by atoms with E-state index in [1.54, 1.807) is 35.9 Å². The highest BCUT2D eigenvalue weighted by molar-refractivity contribution is 6.42. The van der Waals surface area contributed by atoms with Gasteiger partial charge >= 0.3 is 5.97 Å². The van der Waals surface area contributed by atoms with Crippen LogP contribution in [0.4, 0.5) is 0 Å². The van der Waals surface area contributed by atoms with Gasteiger partial charge in [0.25, 0.3) is 5.91 Å². The number of aryl methyl sites for hydroxylation is 1. The smallest absolute Gasteiger partial charge is 0.311 e. The summed E-state index contributed by atoms with van der Waals surface area (Å²) < 4.78 is 1.61. The fourth-order valence-corrected chi connectivity index (χ4v) is 3.22. The molecule has 0 saturated carbocycles. The van der Waals surface area contributed by atoms with Crippen molar-refractivity contribution < 1.29 is 14.7 Å². The second kappa shape index (κ2) is 6.35.